The van der Waals surface area contributed by atoms with Crippen molar-refractivity contribution < 1.29 is 14.3 Å². The summed E-state index contributed by atoms with van der Waals surface area (Å²) in [6, 6.07) is 11.2. The van der Waals surface area contributed by atoms with E-state index in [1.54, 1.807) is 30.5 Å². The Morgan fingerprint density at radius 1 is 1.34 bits per heavy atom. The molecule has 8 nitrogen and oxygen atoms in total. The summed E-state index contributed by atoms with van der Waals surface area (Å²) in [5.41, 5.74) is 5.00. The number of fused-ring (bicyclic) bond motifs is 1. The maximum absolute atomic E-state index is 12.6. The SMILES string of the molecule is Cc1sc(-c2ccccn2)nc1-c1ccc2c(c1)N(CC(=O)NN)C(=O)C(C)O2. The van der Waals surface area contributed by atoms with Gasteiger partial charge in [0.05, 0.1) is 17.1 Å². The molecule has 0 saturated carbocycles. The second-order valence-electron chi connectivity index (χ2n) is 6.57. The van der Waals surface area contributed by atoms with Gasteiger partial charge in [-0.25, -0.2) is 10.8 Å². The number of ether oxygens (including phenoxy) is 1. The average Bonchev–Trinajstić information content (AvgIpc) is 3.13. The lowest BCUT2D eigenvalue weighted by molar-refractivity contribution is -0.128. The molecule has 9 heteroatoms. The van der Waals surface area contributed by atoms with Crippen molar-refractivity contribution in [1.29, 1.82) is 0 Å². The van der Waals surface area contributed by atoms with Gasteiger partial charge in [0.1, 0.15) is 17.3 Å². The Labute approximate surface area is 171 Å². The van der Waals surface area contributed by atoms with Gasteiger partial charge in [-0.2, -0.15) is 0 Å². The van der Waals surface area contributed by atoms with Gasteiger partial charge < -0.3 is 4.74 Å². The van der Waals surface area contributed by atoms with Crippen molar-refractivity contribution in [2.45, 2.75) is 20.0 Å². The molecule has 1 unspecified atom stereocenters. The summed E-state index contributed by atoms with van der Waals surface area (Å²) < 4.78 is 5.70. The molecule has 0 aliphatic carbocycles. The molecule has 0 spiro atoms. The molecular formula is C20H19N5O3S. The van der Waals surface area contributed by atoms with E-state index in [1.807, 2.05) is 37.3 Å². The van der Waals surface area contributed by atoms with Crippen LogP contribution in [0.15, 0.2) is 42.6 Å². The molecule has 4 rings (SSSR count). The number of nitrogens with two attached hydrogens (primary N) is 1. The molecule has 0 fully saturated rings. The normalized spacial score (nSPS) is 15.6. The number of anilines is 1. The second-order valence-corrected chi connectivity index (χ2v) is 7.78. The fourth-order valence-electron chi connectivity index (χ4n) is 3.17. The van der Waals surface area contributed by atoms with Crippen LogP contribution in [0.4, 0.5) is 5.69 Å². The number of amides is 2. The molecule has 3 N–H and O–H groups in total. The minimum atomic E-state index is -0.685. The third kappa shape index (κ3) is 3.57. The zero-order valence-electron chi connectivity index (χ0n) is 15.9. The second kappa shape index (κ2) is 7.61. The first-order chi connectivity index (χ1) is 14.0. The van der Waals surface area contributed by atoms with Crippen molar-refractivity contribution in [3.05, 3.63) is 47.5 Å². The molecule has 1 atom stereocenters. The molecule has 1 aliphatic rings. The Morgan fingerprint density at radius 3 is 2.90 bits per heavy atom. The smallest absolute Gasteiger partial charge is 0.268 e. The predicted octanol–water partition coefficient (Wildman–Crippen LogP) is 2.28. The number of hydrazine groups is 1. The average molecular weight is 409 g/mol. The first kappa shape index (κ1) is 19.0. The van der Waals surface area contributed by atoms with Crippen molar-refractivity contribution in [1.82, 2.24) is 15.4 Å². The van der Waals surface area contributed by atoms with Crippen LogP contribution < -0.4 is 20.9 Å². The van der Waals surface area contributed by atoms with Gasteiger partial charge in [0.25, 0.3) is 11.8 Å². The molecule has 29 heavy (non-hydrogen) atoms. The predicted molar refractivity (Wildman–Crippen MR) is 110 cm³/mol. The molecule has 1 aliphatic heterocycles. The van der Waals surface area contributed by atoms with Crippen molar-refractivity contribution in [2.24, 2.45) is 5.84 Å². The molecule has 2 amide bonds. The summed E-state index contributed by atoms with van der Waals surface area (Å²) >= 11 is 1.55. The van der Waals surface area contributed by atoms with E-state index in [4.69, 9.17) is 15.6 Å². The van der Waals surface area contributed by atoms with Gasteiger partial charge in [0.2, 0.25) is 0 Å². The Bertz CT molecular complexity index is 1080. The van der Waals surface area contributed by atoms with Crippen LogP contribution in [0.1, 0.15) is 11.8 Å². The van der Waals surface area contributed by atoms with Crippen LogP contribution >= 0.6 is 11.3 Å². The Kier molecular flexibility index (Phi) is 4.99. The molecular weight excluding hydrogens is 390 g/mol. The van der Waals surface area contributed by atoms with Crippen molar-refractivity contribution in [2.75, 3.05) is 11.4 Å². The van der Waals surface area contributed by atoms with Crippen LogP contribution in [0.2, 0.25) is 0 Å². The van der Waals surface area contributed by atoms with Crippen LogP contribution in [-0.4, -0.2) is 34.4 Å². The van der Waals surface area contributed by atoms with E-state index < -0.39 is 12.0 Å². The Morgan fingerprint density at radius 2 is 2.17 bits per heavy atom. The molecule has 3 aromatic rings. The van der Waals surface area contributed by atoms with E-state index in [0.717, 1.165) is 26.8 Å². The number of rotatable bonds is 4. The fraction of sp³-hybridized carbons (Fsp3) is 0.200. The minimum absolute atomic E-state index is 0.186. The zero-order valence-corrected chi connectivity index (χ0v) is 16.7. The number of carbonyl (C=O) groups is 2. The van der Waals surface area contributed by atoms with Gasteiger partial charge in [-0.3, -0.25) is 24.9 Å². The number of hydrogen-bond acceptors (Lipinski definition) is 7. The zero-order chi connectivity index (χ0) is 20.5. The van der Waals surface area contributed by atoms with Crippen molar-refractivity contribution >= 4 is 28.8 Å². The summed E-state index contributed by atoms with van der Waals surface area (Å²) in [7, 11) is 0. The molecule has 0 bridgehead atoms. The number of thiazole rings is 1. The number of hydrogen-bond donors (Lipinski definition) is 2. The lowest BCUT2D eigenvalue weighted by atomic mass is 10.1. The molecule has 0 radical (unpaired) electrons. The quantitative estimate of drug-likeness (QED) is 0.389. The lowest BCUT2D eigenvalue weighted by Crippen LogP contribution is -2.49. The largest absolute Gasteiger partial charge is 0.479 e. The highest BCUT2D eigenvalue weighted by molar-refractivity contribution is 7.15. The van der Waals surface area contributed by atoms with E-state index in [-0.39, 0.29) is 12.5 Å². The number of nitrogens with zero attached hydrogens (tertiary/aromatic N) is 3. The summed E-state index contributed by atoms with van der Waals surface area (Å²) in [5, 5.41) is 0.816. The van der Waals surface area contributed by atoms with E-state index in [2.05, 4.69) is 10.4 Å². The van der Waals surface area contributed by atoms with Crippen LogP contribution in [0.25, 0.3) is 22.0 Å². The van der Waals surface area contributed by atoms with E-state index in [1.165, 1.54) is 4.90 Å². The fourth-order valence-corrected chi connectivity index (χ4v) is 4.08. The Hall–Kier alpha value is -3.30. The summed E-state index contributed by atoms with van der Waals surface area (Å²) in [6.07, 6.45) is 1.05. The molecule has 148 valence electrons. The third-order valence-corrected chi connectivity index (χ3v) is 5.58. The van der Waals surface area contributed by atoms with E-state index in [0.29, 0.717) is 11.4 Å². The van der Waals surface area contributed by atoms with Gasteiger partial charge in [-0.05, 0) is 44.2 Å². The topological polar surface area (TPSA) is 110 Å². The number of carbonyl (C=O) groups excluding carboxylic acids is 2. The number of pyridine rings is 1. The highest BCUT2D eigenvalue weighted by Crippen LogP contribution is 2.39. The standard InChI is InChI=1S/C20H19N5O3S/c1-11-20(27)25(10-17(26)24-21)15-9-13(6-7-16(15)28-11)18-12(2)29-19(23-18)14-5-3-4-8-22-14/h3-9,11H,10,21H2,1-2H3,(H,24,26). The number of aromatic nitrogens is 2. The maximum atomic E-state index is 12.6. The van der Waals surface area contributed by atoms with Crippen molar-refractivity contribution in [3.63, 3.8) is 0 Å². The molecule has 1 aromatic carbocycles. The minimum Gasteiger partial charge on any atom is -0.479 e. The van der Waals surface area contributed by atoms with Crippen LogP contribution in [0, 0.1) is 6.92 Å². The van der Waals surface area contributed by atoms with E-state index >= 15 is 0 Å². The Balaban J connectivity index is 1.75. The number of nitrogens with one attached hydrogen (secondary N) is 1. The van der Waals surface area contributed by atoms with Crippen LogP contribution in [-0.2, 0) is 9.59 Å². The maximum Gasteiger partial charge on any atom is 0.268 e. The number of benzene rings is 1. The summed E-state index contributed by atoms with van der Waals surface area (Å²) in [5.74, 6) is 4.97. The molecule has 3 heterocycles. The highest BCUT2D eigenvalue weighted by Gasteiger charge is 2.33. The van der Waals surface area contributed by atoms with Gasteiger partial charge in [-0.1, -0.05) is 6.07 Å². The van der Waals surface area contributed by atoms with E-state index in [9.17, 15) is 9.59 Å². The van der Waals surface area contributed by atoms with Gasteiger partial charge in [-0.15, -0.1) is 11.3 Å². The van der Waals surface area contributed by atoms with Gasteiger partial charge >= 0.3 is 0 Å². The van der Waals surface area contributed by atoms with Crippen molar-refractivity contribution in [3.8, 4) is 27.7 Å². The summed E-state index contributed by atoms with van der Waals surface area (Å²) in [6.45, 7) is 3.45. The third-order valence-electron chi connectivity index (χ3n) is 4.58. The van der Waals surface area contributed by atoms with Crippen LogP contribution in [0.5, 0.6) is 5.75 Å². The highest BCUT2D eigenvalue weighted by atomic mass is 32.1. The number of aryl methyl sites for hydroxylation is 1. The monoisotopic (exact) mass is 409 g/mol. The van der Waals surface area contributed by atoms with Crippen LogP contribution in [0.3, 0.4) is 0 Å². The lowest BCUT2D eigenvalue weighted by Gasteiger charge is -2.32. The summed E-state index contributed by atoms with van der Waals surface area (Å²) in [4.78, 5) is 35.9. The van der Waals surface area contributed by atoms with Gasteiger partial charge in [0, 0.05) is 16.6 Å². The molecule has 0 saturated heterocycles. The first-order valence-corrected chi connectivity index (χ1v) is 9.80. The first-order valence-electron chi connectivity index (χ1n) is 8.98. The molecule has 2 aromatic heterocycles. The van der Waals surface area contributed by atoms with Gasteiger partial charge in [0.15, 0.2) is 6.10 Å².